The van der Waals surface area contributed by atoms with Crippen LogP contribution >= 0.6 is 0 Å². The van der Waals surface area contributed by atoms with E-state index >= 15 is 0 Å². The molecule has 416 valence electrons. The van der Waals surface area contributed by atoms with Crippen LogP contribution in [0, 0.1) is 0 Å². The van der Waals surface area contributed by atoms with Crippen molar-refractivity contribution in [1.29, 1.82) is 0 Å². The van der Waals surface area contributed by atoms with Crippen LogP contribution in [0.15, 0.2) is 279 Å². The van der Waals surface area contributed by atoms with Crippen molar-refractivity contribution in [3.05, 3.63) is 284 Å². The van der Waals surface area contributed by atoms with Crippen LogP contribution < -0.4 is 52.1 Å². The van der Waals surface area contributed by atoms with E-state index < -0.39 is 121 Å². The Bertz CT molecular complexity index is 6290. The molecular weight excluding hydrogens is 1080 g/mol. The summed E-state index contributed by atoms with van der Waals surface area (Å²) < 4.78 is 186. The van der Waals surface area contributed by atoms with Gasteiger partial charge in [0, 0.05) is 66.9 Å². The zero-order valence-corrected chi connectivity index (χ0v) is 48.1. The molecule has 5 nitrogen and oxygen atoms in total. The van der Waals surface area contributed by atoms with Gasteiger partial charge in [0.15, 0.2) is 0 Å². The van der Waals surface area contributed by atoms with Gasteiger partial charge in [0.1, 0.15) is 23.0 Å². The Morgan fingerprint density at radius 3 is 1.62 bits per heavy atom. The quantitative estimate of drug-likeness (QED) is 0.149. The van der Waals surface area contributed by atoms with Gasteiger partial charge in [-0.1, -0.05) is 245 Å². The van der Waals surface area contributed by atoms with Crippen molar-refractivity contribution in [2.24, 2.45) is 0 Å². The highest BCUT2D eigenvalue weighted by Crippen LogP contribution is 2.55. The van der Waals surface area contributed by atoms with E-state index in [-0.39, 0.29) is 107 Å². The van der Waals surface area contributed by atoms with Crippen molar-refractivity contribution in [3.8, 4) is 84.3 Å². The normalized spacial score (nSPS) is 16.1. The Morgan fingerprint density at radius 2 is 0.933 bits per heavy atom. The predicted octanol–water partition coefficient (Wildman–Crippen LogP) is 17.5. The average Bonchev–Trinajstić information content (AvgIpc) is 0.867. The molecule has 0 fully saturated rings. The van der Waals surface area contributed by atoms with Crippen molar-refractivity contribution < 1.29 is 32.8 Å². The summed E-state index contributed by atoms with van der Waals surface area (Å²) in [6.07, 6.45) is 0. The topological polar surface area (TPSA) is 29.9 Å². The largest absolute Gasteiger partial charge is 0.459 e. The molecule has 1 aromatic heterocycles. The lowest BCUT2D eigenvalue weighted by atomic mass is 9.29. The van der Waals surface area contributed by atoms with E-state index in [1.54, 1.807) is 28.8 Å². The van der Waals surface area contributed by atoms with Crippen LogP contribution in [0.25, 0.3) is 83.1 Å². The number of rotatable bonds is 7. The van der Waals surface area contributed by atoms with Gasteiger partial charge in [-0.3, -0.25) is 0 Å². The Hall–Kier alpha value is -11.0. The summed E-state index contributed by atoms with van der Waals surface area (Å²) in [6, 6.07) is 46.7. The molecule has 89 heavy (non-hydrogen) atoms. The van der Waals surface area contributed by atoms with E-state index in [0.717, 1.165) is 22.3 Å². The minimum atomic E-state index is -1.42. The molecule has 13 aromatic carbocycles. The fraction of sp³-hybridized carbons (Fsp3) is 0.0488. The zero-order valence-electron chi connectivity index (χ0n) is 65.1. The van der Waals surface area contributed by atoms with E-state index in [1.165, 1.54) is 0 Å². The van der Waals surface area contributed by atoms with Crippen LogP contribution in [0.1, 0.15) is 49.6 Å². The minimum absolute atomic E-state index is 0.0129. The molecule has 0 bridgehead atoms. The van der Waals surface area contributed by atoms with E-state index in [1.807, 2.05) is 149 Å². The molecule has 0 N–H and O–H groups in total. The lowest BCUT2D eigenvalue weighted by molar-refractivity contribution is 0.466. The van der Waals surface area contributed by atoms with E-state index in [4.69, 9.17) is 13.6 Å². The van der Waals surface area contributed by atoms with Gasteiger partial charge in [0.25, 0.3) is 13.4 Å². The van der Waals surface area contributed by atoms with Gasteiger partial charge in [-0.2, -0.15) is 0 Å². The van der Waals surface area contributed by atoms with Gasteiger partial charge in [-0.15, -0.1) is 0 Å². The van der Waals surface area contributed by atoms with Crippen LogP contribution in [0.4, 0.5) is 34.1 Å². The number of para-hydroxylation sites is 3. The summed E-state index contributed by atoms with van der Waals surface area (Å²) in [5, 5.41) is 0.0927. The number of anilines is 6. The molecule has 0 unspecified atom stereocenters. The van der Waals surface area contributed by atoms with Crippen molar-refractivity contribution in [2.75, 3.05) is 9.80 Å². The summed E-state index contributed by atoms with van der Waals surface area (Å²) in [7, 11) is 0. The van der Waals surface area contributed by atoms with Crippen LogP contribution in [0.3, 0.4) is 0 Å². The maximum Gasteiger partial charge on any atom is 0.266 e. The molecule has 19 rings (SSSR count). The van der Waals surface area contributed by atoms with Gasteiger partial charge in [-0.25, -0.2) is 0 Å². The maximum absolute atomic E-state index is 11.9. The van der Waals surface area contributed by atoms with E-state index in [2.05, 4.69) is 32.9 Å². The van der Waals surface area contributed by atoms with Gasteiger partial charge >= 0.3 is 0 Å². The second kappa shape index (κ2) is 18.7. The number of nitrogens with zero attached hydrogens (tertiary/aromatic N) is 3. The first-order chi connectivity index (χ1) is 50.9. The van der Waals surface area contributed by atoms with Crippen LogP contribution in [-0.4, -0.2) is 18.0 Å². The third-order valence-electron chi connectivity index (χ3n) is 18.2. The zero-order chi connectivity index (χ0) is 73.6. The van der Waals surface area contributed by atoms with Gasteiger partial charge in [0.2, 0.25) is 0 Å². The Balaban J connectivity index is 1.08. The summed E-state index contributed by atoms with van der Waals surface area (Å²) in [4.78, 5) is 3.95. The molecule has 0 saturated carbocycles. The third kappa shape index (κ3) is 7.15. The maximum atomic E-state index is 11.9. The SMILES string of the molecule is [2H]c1c([2H])c([2H])c(-c2c([2H])c([2H])c3c(c2[2H])N(c2c(-c4ccccc4)cccc2-c2ccccc2)c2cc(C(C)(C)C)cc4c2B3c2c3c5c(c([2H])c2N4c2ccccc2-c2ccccc2)-n2c4c6c(c([2H])c([2H])c4c4c([2H])c([2H])c([2H])c(-c7ccccc7)c42)Oc2c([2H])c([2H])c([2H])c(c2B56)O3)c([2H])c1[2H]. The molecule has 0 atom stereocenters. The molecular formula is C82H55B2N3O2. The molecule has 0 amide bonds. The first kappa shape index (κ1) is 36.2. The number of ether oxygens (including phenoxy) is 2. The number of hydrogen-bond acceptors (Lipinski definition) is 4. The van der Waals surface area contributed by atoms with Crippen LogP contribution in [-0.2, 0) is 5.41 Å². The van der Waals surface area contributed by atoms with Gasteiger partial charge < -0.3 is 23.8 Å². The van der Waals surface area contributed by atoms with E-state index in [0.29, 0.717) is 50.5 Å². The van der Waals surface area contributed by atoms with Crippen molar-refractivity contribution in [3.63, 3.8) is 0 Å². The molecule has 6 heterocycles. The summed E-state index contributed by atoms with van der Waals surface area (Å²) in [6.45, 7) is 3.54. The Kier molecular flexibility index (Phi) is 7.63. The fourth-order valence-electron chi connectivity index (χ4n) is 14.4. The van der Waals surface area contributed by atoms with Crippen molar-refractivity contribution >= 4 is 102 Å². The lowest BCUT2D eigenvalue weighted by Crippen LogP contribution is -2.66. The fourth-order valence-corrected chi connectivity index (χ4v) is 14.4. The highest BCUT2D eigenvalue weighted by molar-refractivity contribution is 7.04. The molecule has 0 saturated heterocycles. The molecule has 0 radical (unpaired) electrons. The van der Waals surface area contributed by atoms with E-state index in [9.17, 15) is 19.2 Å². The van der Waals surface area contributed by atoms with Gasteiger partial charge in [0.05, 0.1) is 45.7 Å². The second-order valence-electron chi connectivity index (χ2n) is 24.1. The average molecular weight is 1150 g/mol. The first-order valence-corrected chi connectivity index (χ1v) is 29.7. The lowest BCUT2D eigenvalue weighted by Gasteiger charge is -2.48. The predicted molar refractivity (Wildman–Crippen MR) is 372 cm³/mol. The van der Waals surface area contributed by atoms with Crippen LogP contribution in [0.2, 0.25) is 0 Å². The Labute approximate surface area is 542 Å². The monoisotopic (exact) mass is 1150 g/mol. The highest BCUT2D eigenvalue weighted by Gasteiger charge is 2.53. The summed E-state index contributed by atoms with van der Waals surface area (Å²) >= 11 is 0. The molecule has 5 aliphatic heterocycles. The molecule has 0 spiro atoms. The summed E-state index contributed by atoms with van der Waals surface area (Å²) in [5.74, 6) is -0.642. The number of hydrogen-bond donors (Lipinski definition) is 0. The number of aromatic nitrogens is 1. The third-order valence-corrected chi connectivity index (χ3v) is 18.2. The molecule has 0 aliphatic carbocycles. The van der Waals surface area contributed by atoms with Crippen molar-refractivity contribution in [1.82, 2.24) is 4.57 Å². The van der Waals surface area contributed by atoms with Crippen LogP contribution in [0.5, 0.6) is 23.0 Å². The highest BCUT2D eigenvalue weighted by atomic mass is 16.5. The van der Waals surface area contributed by atoms with Crippen molar-refractivity contribution in [2.45, 2.75) is 26.2 Å². The summed E-state index contributed by atoms with van der Waals surface area (Å²) in [5.41, 5.74) is 7.80. The number of benzene rings is 13. The van der Waals surface area contributed by atoms with Gasteiger partial charge in [-0.05, 0) is 126 Å². The molecule has 14 aromatic rings. The first-order valence-electron chi connectivity index (χ1n) is 38.2. The number of fused-ring (bicyclic) bond motifs is 9. The smallest absolute Gasteiger partial charge is 0.266 e. The molecule has 5 aliphatic rings. The standard InChI is InChI=1S/C82H55B2N3O2/c1-82(2,3)56-47-66-73-67(48-56)86(78-58(52-28-13-6-14-29-52)35-21-36-59(78)53-30-15-7-16-31-53)65-46-55(50-24-9-4-10-25-50)42-44-63(65)83(73)74-68(85(66)64-39-20-19-34-57(64)51-26-11-5-12-27-51)49-69-75-81(74)89-71-41-23-40-70-76(71)84(75)77-72(88-70)45-43-62-61-38-22-37-60(54-32-17-8-18-33-54)79(61)87(69)80(62)77/h4-49H,1-3H3/i4D,9D,10D,22D,23D,24D,25D,37D,38D,40D,41D,42D,43D,44D,45D,46D,49D. The molecule has 7 heteroatoms. The Morgan fingerprint density at radius 1 is 0.360 bits per heavy atom. The minimum Gasteiger partial charge on any atom is -0.459 e. The second-order valence-corrected chi connectivity index (χ2v) is 24.1.